The van der Waals surface area contributed by atoms with E-state index in [2.05, 4.69) is 5.10 Å². The van der Waals surface area contributed by atoms with Gasteiger partial charge in [0.05, 0.1) is 0 Å². The molecule has 2 N–H and O–H groups in total. The van der Waals surface area contributed by atoms with Crippen molar-refractivity contribution in [3.63, 3.8) is 0 Å². The van der Waals surface area contributed by atoms with E-state index in [9.17, 15) is 4.79 Å². The van der Waals surface area contributed by atoms with Crippen molar-refractivity contribution in [2.45, 2.75) is 12.8 Å². The molecule has 1 amide bonds. The molecule has 0 fully saturated rings. The number of primary amides is 1. The van der Waals surface area contributed by atoms with Crippen LogP contribution < -0.4 is 5.73 Å². The Morgan fingerprint density at radius 3 is 3.00 bits per heavy atom. The molecule has 0 saturated heterocycles. The molecule has 0 aliphatic carbocycles. The van der Waals surface area contributed by atoms with Crippen molar-refractivity contribution in [2.75, 3.05) is 0 Å². The number of hydrogen-bond acceptors (Lipinski definition) is 2. The molecule has 1 heterocycles. The van der Waals surface area contributed by atoms with E-state index in [0.717, 1.165) is 5.69 Å². The van der Waals surface area contributed by atoms with Gasteiger partial charge in [0.15, 0.2) is 0 Å². The van der Waals surface area contributed by atoms with E-state index < -0.39 is 0 Å². The van der Waals surface area contributed by atoms with E-state index in [1.807, 2.05) is 13.1 Å². The largest absolute Gasteiger partial charge is 0.370 e. The van der Waals surface area contributed by atoms with Crippen LogP contribution in [0.4, 0.5) is 0 Å². The highest BCUT2D eigenvalue weighted by Crippen LogP contribution is 1.99. The first-order valence-electron chi connectivity index (χ1n) is 3.45. The van der Waals surface area contributed by atoms with Crippen LogP contribution in [0.3, 0.4) is 0 Å². The van der Waals surface area contributed by atoms with Crippen LogP contribution in [0.25, 0.3) is 0 Å². The molecule has 4 nitrogen and oxygen atoms in total. The van der Waals surface area contributed by atoms with Gasteiger partial charge in [0.25, 0.3) is 0 Å². The predicted octanol–water partition coefficient (Wildman–Crippen LogP) is -0.162. The molecule has 0 atom stereocenters. The monoisotopic (exact) mass is 153 g/mol. The van der Waals surface area contributed by atoms with Crippen molar-refractivity contribution in [3.8, 4) is 0 Å². The van der Waals surface area contributed by atoms with Crippen LogP contribution >= 0.6 is 0 Å². The quantitative estimate of drug-likeness (QED) is 0.655. The number of amides is 1. The van der Waals surface area contributed by atoms with E-state index in [0.29, 0.717) is 12.8 Å². The fraction of sp³-hybridized carbons (Fsp3) is 0.429. The lowest BCUT2D eigenvalue weighted by Gasteiger charge is -1.97. The van der Waals surface area contributed by atoms with E-state index in [1.54, 1.807) is 10.9 Å². The minimum absolute atomic E-state index is 0.272. The number of aryl methyl sites for hydroxylation is 2. The summed E-state index contributed by atoms with van der Waals surface area (Å²) in [5.74, 6) is -0.272. The first-order valence-corrected chi connectivity index (χ1v) is 3.45. The Bertz CT molecular complexity index is 254. The van der Waals surface area contributed by atoms with Gasteiger partial charge >= 0.3 is 0 Å². The van der Waals surface area contributed by atoms with Crippen LogP contribution in [-0.4, -0.2) is 15.7 Å². The SMILES string of the molecule is Cn1nccc1CCC(N)=O. The average Bonchev–Trinajstić information content (AvgIpc) is 2.31. The van der Waals surface area contributed by atoms with Crippen molar-refractivity contribution in [1.29, 1.82) is 0 Å². The molecule has 1 aromatic rings. The van der Waals surface area contributed by atoms with E-state index in [1.165, 1.54) is 0 Å². The Morgan fingerprint density at radius 1 is 1.82 bits per heavy atom. The number of nitrogens with two attached hydrogens (primary N) is 1. The maximum atomic E-state index is 10.4. The standard InChI is InChI=1S/C7H11N3O/c1-10-6(4-5-9-10)2-3-7(8)11/h4-5H,2-3H2,1H3,(H2,8,11). The van der Waals surface area contributed by atoms with Crippen molar-refractivity contribution in [1.82, 2.24) is 9.78 Å². The molecule has 0 aromatic carbocycles. The van der Waals surface area contributed by atoms with E-state index >= 15 is 0 Å². The fourth-order valence-electron chi connectivity index (χ4n) is 0.898. The Hall–Kier alpha value is -1.32. The summed E-state index contributed by atoms with van der Waals surface area (Å²) in [7, 11) is 1.84. The predicted molar refractivity (Wildman–Crippen MR) is 40.7 cm³/mol. The molecule has 0 bridgehead atoms. The molecule has 60 valence electrons. The number of rotatable bonds is 3. The van der Waals surface area contributed by atoms with Gasteiger partial charge in [-0.25, -0.2) is 0 Å². The molecule has 0 radical (unpaired) electrons. The zero-order chi connectivity index (χ0) is 8.27. The zero-order valence-electron chi connectivity index (χ0n) is 6.45. The topological polar surface area (TPSA) is 60.9 Å². The van der Waals surface area contributed by atoms with Gasteiger partial charge < -0.3 is 5.73 Å². The maximum Gasteiger partial charge on any atom is 0.217 e. The molecular formula is C7H11N3O. The third-order valence-corrected chi connectivity index (χ3v) is 1.55. The van der Waals surface area contributed by atoms with Gasteiger partial charge in [-0.1, -0.05) is 0 Å². The fourth-order valence-corrected chi connectivity index (χ4v) is 0.898. The molecule has 0 aliphatic heterocycles. The normalized spacial score (nSPS) is 9.91. The Labute approximate surface area is 65.0 Å². The average molecular weight is 153 g/mol. The van der Waals surface area contributed by atoms with Crippen molar-refractivity contribution < 1.29 is 4.79 Å². The lowest BCUT2D eigenvalue weighted by atomic mass is 10.2. The highest BCUT2D eigenvalue weighted by Gasteiger charge is 1.99. The summed E-state index contributed by atoms with van der Waals surface area (Å²) in [4.78, 5) is 10.4. The second-order valence-corrected chi connectivity index (χ2v) is 2.41. The van der Waals surface area contributed by atoms with Gasteiger partial charge in [-0.15, -0.1) is 0 Å². The third-order valence-electron chi connectivity index (χ3n) is 1.55. The number of hydrogen-bond donors (Lipinski definition) is 1. The molecule has 11 heavy (non-hydrogen) atoms. The summed E-state index contributed by atoms with van der Waals surface area (Å²) in [5, 5.41) is 3.96. The summed E-state index contributed by atoms with van der Waals surface area (Å²) < 4.78 is 1.74. The molecule has 0 saturated carbocycles. The van der Waals surface area contributed by atoms with Crippen molar-refractivity contribution in [3.05, 3.63) is 18.0 Å². The molecule has 0 aliphatic rings. The molecule has 1 aromatic heterocycles. The minimum Gasteiger partial charge on any atom is -0.370 e. The zero-order valence-corrected chi connectivity index (χ0v) is 6.45. The molecule has 1 rings (SSSR count). The van der Waals surface area contributed by atoms with Crippen molar-refractivity contribution in [2.24, 2.45) is 12.8 Å². The summed E-state index contributed by atoms with van der Waals surface area (Å²) in [5.41, 5.74) is 6.02. The second-order valence-electron chi connectivity index (χ2n) is 2.41. The van der Waals surface area contributed by atoms with Crippen LogP contribution in [-0.2, 0) is 18.3 Å². The number of aromatic nitrogens is 2. The number of nitrogens with zero attached hydrogens (tertiary/aromatic N) is 2. The summed E-state index contributed by atoms with van der Waals surface area (Å²) in [6.45, 7) is 0. The van der Waals surface area contributed by atoms with Crippen LogP contribution in [0, 0.1) is 0 Å². The Morgan fingerprint density at radius 2 is 2.55 bits per heavy atom. The van der Waals surface area contributed by atoms with Crippen LogP contribution in [0.5, 0.6) is 0 Å². The first kappa shape index (κ1) is 7.78. The number of carbonyl (C=O) groups is 1. The molecule has 0 spiro atoms. The maximum absolute atomic E-state index is 10.4. The molecule has 4 heteroatoms. The van der Waals surface area contributed by atoms with E-state index in [-0.39, 0.29) is 5.91 Å². The van der Waals surface area contributed by atoms with Gasteiger partial charge in [-0.2, -0.15) is 5.10 Å². The van der Waals surface area contributed by atoms with Crippen molar-refractivity contribution >= 4 is 5.91 Å². The summed E-state index contributed by atoms with van der Waals surface area (Å²) in [6.07, 6.45) is 2.77. The highest BCUT2D eigenvalue weighted by atomic mass is 16.1. The lowest BCUT2D eigenvalue weighted by Crippen LogP contribution is -2.12. The van der Waals surface area contributed by atoms with Gasteiger partial charge in [-0.05, 0) is 12.5 Å². The second kappa shape index (κ2) is 3.18. The van der Waals surface area contributed by atoms with Gasteiger partial charge in [0.2, 0.25) is 5.91 Å². The Kier molecular flexibility index (Phi) is 2.25. The van der Waals surface area contributed by atoms with E-state index in [4.69, 9.17) is 5.73 Å². The highest BCUT2D eigenvalue weighted by molar-refractivity contribution is 5.73. The smallest absolute Gasteiger partial charge is 0.217 e. The summed E-state index contributed by atoms with van der Waals surface area (Å²) in [6, 6.07) is 1.88. The number of carbonyl (C=O) groups excluding carboxylic acids is 1. The van der Waals surface area contributed by atoms with Crippen LogP contribution in [0.1, 0.15) is 12.1 Å². The van der Waals surface area contributed by atoms with Crippen LogP contribution in [0.15, 0.2) is 12.3 Å². The molecular weight excluding hydrogens is 142 g/mol. The van der Waals surface area contributed by atoms with Crippen LogP contribution in [0.2, 0.25) is 0 Å². The lowest BCUT2D eigenvalue weighted by molar-refractivity contribution is -0.118. The van der Waals surface area contributed by atoms with Gasteiger partial charge in [-0.3, -0.25) is 9.48 Å². The molecule has 0 unspecified atom stereocenters. The first-order chi connectivity index (χ1) is 5.20. The van der Waals surface area contributed by atoms with Gasteiger partial charge in [0.1, 0.15) is 0 Å². The van der Waals surface area contributed by atoms with Gasteiger partial charge in [0, 0.05) is 25.4 Å². The minimum atomic E-state index is -0.272. The third kappa shape index (κ3) is 2.07. The summed E-state index contributed by atoms with van der Waals surface area (Å²) >= 11 is 0. The Balaban J connectivity index is 2.51.